The first-order chi connectivity index (χ1) is 10.7. The number of hydrogen-bond donors (Lipinski definition) is 2. The molecule has 0 saturated heterocycles. The van der Waals surface area contributed by atoms with E-state index in [9.17, 15) is 9.59 Å². The lowest BCUT2D eigenvalue weighted by molar-refractivity contribution is -0.124. The molecule has 0 bridgehead atoms. The molecule has 0 spiro atoms. The molecule has 1 heterocycles. The molecule has 1 saturated carbocycles. The first kappa shape index (κ1) is 14.4. The lowest BCUT2D eigenvalue weighted by atomic mass is 10.2. The summed E-state index contributed by atoms with van der Waals surface area (Å²) in [5, 5.41) is 5.36. The van der Waals surface area contributed by atoms with Gasteiger partial charge in [0.1, 0.15) is 13.2 Å². The summed E-state index contributed by atoms with van der Waals surface area (Å²) < 4.78 is 10.9. The molecule has 3 rings (SSSR count). The Morgan fingerprint density at radius 1 is 1.18 bits per heavy atom. The molecule has 2 N–H and O–H groups in total. The van der Waals surface area contributed by atoms with E-state index < -0.39 is 0 Å². The maximum Gasteiger partial charge on any atom is 0.244 e. The Bertz CT molecular complexity index is 608. The number of fused-ring (bicyclic) bond motifs is 1. The Labute approximate surface area is 128 Å². The van der Waals surface area contributed by atoms with E-state index in [-0.39, 0.29) is 18.4 Å². The van der Waals surface area contributed by atoms with Crippen molar-refractivity contribution >= 4 is 17.9 Å². The van der Waals surface area contributed by atoms with E-state index in [2.05, 4.69) is 10.6 Å². The first-order valence-corrected chi connectivity index (χ1v) is 7.35. The monoisotopic (exact) mass is 302 g/mol. The molecule has 2 amide bonds. The van der Waals surface area contributed by atoms with Crippen LogP contribution >= 0.6 is 0 Å². The highest BCUT2D eigenvalue weighted by Crippen LogP contribution is 2.31. The fraction of sp³-hybridized carbons (Fsp3) is 0.375. The van der Waals surface area contributed by atoms with Crippen LogP contribution in [0.15, 0.2) is 24.3 Å². The molecule has 116 valence electrons. The topological polar surface area (TPSA) is 76.7 Å². The van der Waals surface area contributed by atoms with Crippen LogP contribution in [0.5, 0.6) is 11.5 Å². The smallest absolute Gasteiger partial charge is 0.244 e. The van der Waals surface area contributed by atoms with Crippen molar-refractivity contribution < 1.29 is 19.1 Å². The molecule has 1 fully saturated rings. The zero-order chi connectivity index (χ0) is 15.4. The normalized spacial score (nSPS) is 16.4. The van der Waals surface area contributed by atoms with Gasteiger partial charge in [0.2, 0.25) is 11.8 Å². The molecular formula is C16H18N2O4. The summed E-state index contributed by atoms with van der Waals surface area (Å²) in [5.41, 5.74) is 0.835. The Morgan fingerprint density at radius 2 is 1.95 bits per heavy atom. The van der Waals surface area contributed by atoms with E-state index in [4.69, 9.17) is 9.47 Å². The average Bonchev–Trinajstić information content (AvgIpc) is 3.34. The zero-order valence-electron chi connectivity index (χ0n) is 12.1. The fourth-order valence-corrected chi connectivity index (χ4v) is 2.07. The molecule has 1 aromatic carbocycles. The maximum absolute atomic E-state index is 11.7. The van der Waals surface area contributed by atoms with Crippen molar-refractivity contribution in [3.8, 4) is 11.5 Å². The third kappa shape index (κ3) is 4.00. The molecule has 1 aromatic rings. The highest BCUT2D eigenvalue weighted by Gasteiger charge is 2.22. The molecule has 2 aliphatic rings. The number of amides is 2. The minimum absolute atomic E-state index is 0.000806. The van der Waals surface area contributed by atoms with Gasteiger partial charge < -0.3 is 20.1 Å². The summed E-state index contributed by atoms with van der Waals surface area (Å²) in [5.74, 6) is 0.937. The standard InChI is InChI=1S/C16H18N2O4/c19-15(17-10-16(20)18-12-3-4-12)6-2-11-1-5-13-14(9-11)22-8-7-21-13/h1-2,5-6,9,12H,3-4,7-8,10H2,(H,17,19)(H,18,20)/b6-2+. The van der Waals surface area contributed by atoms with Gasteiger partial charge in [-0.2, -0.15) is 0 Å². The summed E-state index contributed by atoms with van der Waals surface area (Å²) in [6.07, 6.45) is 5.13. The Kier molecular flexibility index (Phi) is 4.27. The number of nitrogens with one attached hydrogen (secondary N) is 2. The molecule has 22 heavy (non-hydrogen) atoms. The van der Waals surface area contributed by atoms with Crippen LogP contribution in [0.25, 0.3) is 6.08 Å². The van der Waals surface area contributed by atoms with Gasteiger partial charge in [-0.3, -0.25) is 9.59 Å². The predicted molar refractivity (Wildman–Crippen MR) is 80.6 cm³/mol. The van der Waals surface area contributed by atoms with Crippen molar-refractivity contribution in [2.75, 3.05) is 19.8 Å². The number of carbonyl (C=O) groups is 2. The van der Waals surface area contributed by atoms with Crippen LogP contribution in [0.1, 0.15) is 18.4 Å². The quantitative estimate of drug-likeness (QED) is 0.791. The molecule has 0 unspecified atom stereocenters. The van der Waals surface area contributed by atoms with Gasteiger partial charge in [-0.1, -0.05) is 6.07 Å². The van der Waals surface area contributed by atoms with E-state index in [0.717, 1.165) is 18.4 Å². The van der Waals surface area contributed by atoms with Gasteiger partial charge in [-0.05, 0) is 36.6 Å². The molecule has 1 aliphatic carbocycles. The summed E-state index contributed by atoms with van der Waals surface area (Å²) in [6, 6.07) is 5.78. The number of benzene rings is 1. The van der Waals surface area contributed by atoms with Crippen molar-refractivity contribution in [3.05, 3.63) is 29.8 Å². The van der Waals surface area contributed by atoms with Crippen LogP contribution in [0.3, 0.4) is 0 Å². The molecule has 0 atom stereocenters. The molecular weight excluding hydrogens is 284 g/mol. The summed E-state index contributed by atoms with van der Waals surface area (Å²) in [7, 11) is 0. The first-order valence-electron chi connectivity index (χ1n) is 7.35. The van der Waals surface area contributed by atoms with Gasteiger partial charge in [0.15, 0.2) is 11.5 Å². The largest absolute Gasteiger partial charge is 0.486 e. The Balaban J connectivity index is 1.49. The summed E-state index contributed by atoms with van der Waals surface area (Å²) in [6.45, 7) is 1.07. The van der Waals surface area contributed by atoms with Crippen molar-refractivity contribution in [1.29, 1.82) is 0 Å². The van der Waals surface area contributed by atoms with Crippen LogP contribution in [-0.2, 0) is 9.59 Å². The highest BCUT2D eigenvalue weighted by molar-refractivity contribution is 5.94. The van der Waals surface area contributed by atoms with E-state index in [1.54, 1.807) is 6.08 Å². The minimum atomic E-state index is -0.305. The number of rotatable bonds is 5. The maximum atomic E-state index is 11.7. The van der Waals surface area contributed by atoms with E-state index in [0.29, 0.717) is 30.8 Å². The van der Waals surface area contributed by atoms with E-state index >= 15 is 0 Å². The lowest BCUT2D eigenvalue weighted by Gasteiger charge is -2.18. The Hall–Kier alpha value is -2.50. The second kappa shape index (κ2) is 6.51. The highest BCUT2D eigenvalue weighted by atomic mass is 16.6. The number of carbonyl (C=O) groups excluding carboxylic acids is 2. The number of hydrogen-bond acceptors (Lipinski definition) is 4. The summed E-state index contributed by atoms with van der Waals surface area (Å²) in [4.78, 5) is 23.1. The molecule has 0 radical (unpaired) electrons. The van der Waals surface area contributed by atoms with Gasteiger partial charge in [-0.25, -0.2) is 0 Å². The van der Waals surface area contributed by atoms with Crippen LogP contribution in [0.4, 0.5) is 0 Å². The van der Waals surface area contributed by atoms with Gasteiger partial charge >= 0.3 is 0 Å². The van der Waals surface area contributed by atoms with Crippen molar-refractivity contribution in [3.63, 3.8) is 0 Å². The van der Waals surface area contributed by atoms with E-state index in [1.807, 2.05) is 18.2 Å². The molecule has 0 aromatic heterocycles. The van der Waals surface area contributed by atoms with Gasteiger partial charge in [0, 0.05) is 12.1 Å². The molecule has 6 heteroatoms. The van der Waals surface area contributed by atoms with Crippen molar-refractivity contribution in [1.82, 2.24) is 10.6 Å². The predicted octanol–water partition coefficient (Wildman–Crippen LogP) is 0.866. The minimum Gasteiger partial charge on any atom is -0.486 e. The van der Waals surface area contributed by atoms with Gasteiger partial charge in [-0.15, -0.1) is 0 Å². The second-order valence-corrected chi connectivity index (χ2v) is 5.30. The van der Waals surface area contributed by atoms with Crippen LogP contribution in [0, 0.1) is 0 Å². The van der Waals surface area contributed by atoms with Gasteiger partial charge in [0.25, 0.3) is 0 Å². The third-order valence-electron chi connectivity index (χ3n) is 3.36. The number of ether oxygens (including phenoxy) is 2. The molecule has 1 aliphatic heterocycles. The van der Waals surface area contributed by atoms with Crippen molar-refractivity contribution in [2.45, 2.75) is 18.9 Å². The Morgan fingerprint density at radius 3 is 2.73 bits per heavy atom. The van der Waals surface area contributed by atoms with E-state index in [1.165, 1.54) is 6.08 Å². The van der Waals surface area contributed by atoms with Crippen molar-refractivity contribution in [2.24, 2.45) is 0 Å². The SMILES string of the molecule is O=C(/C=C/c1ccc2c(c1)OCCO2)NCC(=O)NC1CC1. The van der Waals surface area contributed by atoms with Crippen LogP contribution in [0.2, 0.25) is 0 Å². The van der Waals surface area contributed by atoms with Crippen LogP contribution in [-0.4, -0.2) is 37.6 Å². The van der Waals surface area contributed by atoms with Crippen LogP contribution < -0.4 is 20.1 Å². The second-order valence-electron chi connectivity index (χ2n) is 5.30. The zero-order valence-corrected chi connectivity index (χ0v) is 12.1. The third-order valence-corrected chi connectivity index (χ3v) is 3.36. The average molecular weight is 302 g/mol. The summed E-state index contributed by atoms with van der Waals surface area (Å²) >= 11 is 0. The van der Waals surface area contributed by atoms with Gasteiger partial charge in [0.05, 0.1) is 6.54 Å². The molecule has 6 nitrogen and oxygen atoms in total. The lowest BCUT2D eigenvalue weighted by Crippen LogP contribution is -2.37. The fourth-order valence-electron chi connectivity index (χ4n) is 2.07.